The van der Waals surface area contributed by atoms with Crippen molar-refractivity contribution in [2.24, 2.45) is 0 Å². The van der Waals surface area contributed by atoms with Gasteiger partial charge in [0, 0.05) is 34.7 Å². The molecule has 4 aromatic rings. The Hall–Kier alpha value is -4.78. The van der Waals surface area contributed by atoms with E-state index in [0.717, 1.165) is 22.7 Å². The summed E-state index contributed by atoms with van der Waals surface area (Å²) >= 11 is 0. The number of rotatable bonds is 5. The lowest BCUT2D eigenvalue weighted by molar-refractivity contribution is -0.116. The Bertz CT molecular complexity index is 1560. The van der Waals surface area contributed by atoms with Gasteiger partial charge >= 0.3 is 0 Å². The van der Waals surface area contributed by atoms with E-state index in [9.17, 15) is 9.59 Å². The number of nitrogens with one attached hydrogen (secondary N) is 1. The second-order valence-corrected chi connectivity index (χ2v) is 9.63. The molecule has 7 nitrogen and oxygen atoms in total. The van der Waals surface area contributed by atoms with Gasteiger partial charge in [-0.3, -0.25) is 14.5 Å². The molecule has 0 saturated carbocycles. The summed E-state index contributed by atoms with van der Waals surface area (Å²) in [6.45, 7) is 0. The molecule has 0 radical (unpaired) electrons. The largest absolute Gasteiger partial charge is 0.497 e. The smallest absolute Gasteiger partial charge is 0.259 e. The third-order valence-electron chi connectivity index (χ3n) is 7.42. The van der Waals surface area contributed by atoms with Crippen LogP contribution in [0, 0.1) is 0 Å². The summed E-state index contributed by atoms with van der Waals surface area (Å²) in [6.07, 6.45) is 2.48. The molecule has 0 fully saturated rings. The number of ether oxygens (including phenoxy) is 2. The first-order chi connectivity index (χ1) is 19.1. The highest BCUT2D eigenvalue weighted by Crippen LogP contribution is 2.49. The number of fused-ring (bicyclic) bond motifs is 1. The summed E-state index contributed by atoms with van der Waals surface area (Å²) in [5.41, 5.74) is 3.97. The fourth-order valence-corrected chi connectivity index (χ4v) is 5.60. The zero-order chi connectivity index (χ0) is 26.9. The summed E-state index contributed by atoms with van der Waals surface area (Å²) in [4.78, 5) is 30.2. The number of allylic oxidation sites excluding steroid dienone is 1. The van der Waals surface area contributed by atoms with Crippen LogP contribution in [0.25, 0.3) is 0 Å². The maximum atomic E-state index is 14.4. The number of para-hydroxylation sites is 3. The highest BCUT2D eigenvalue weighted by atomic mass is 16.5. The van der Waals surface area contributed by atoms with Gasteiger partial charge in [-0.1, -0.05) is 30.3 Å². The van der Waals surface area contributed by atoms with Crippen molar-refractivity contribution in [1.29, 1.82) is 0 Å². The van der Waals surface area contributed by atoms with Gasteiger partial charge < -0.3 is 19.2 Å². The minimum atomic E-state index is -0.716. The second-order valence-electron chi connectivity index (χ2n) is 9.63. The number of benzene rings is 3. The third-order valence-corrected chi connectivity index (χ3v) is 7.42. The number of nitrogens with zero attached hydrogens (tertiary/aromatic N) is 1. The van der Waals surface area contributed by atoms with Crippen molar-refractivity contribution >= 4 is 23.1 Å². The third kappa shape index (κ3) is 4.36. The van der Waals surface area contributed by atoms with Gasteiger partial charge in [0.2, 0.25) is 0 Å². The molecule has 1 N–H and O–H groups in total. The van der Waals surface area contributed by atoms with E-state index in [1.54, 1.807) is 49.6 Å². The molecule has 1 aliphatic heterocycles. The van der Waals surface area contributed by atoms with E-state index in [4.69, 9.17) is 13.9 Å². The van der Waals surface area contributed by atoms with Gasteiger partial charge in [0.1, 0.15) is 17.3 Å². The van der Waals surface area contributed by atoms with Crippen LogP contribution in [0.15, 0.2) is 107 Å². The summed E-state index contributed by atoms with van der Waals surface area (Å²) in [5, 5.41) is 3.54. The standard InChI is InChI=1S/C32H28N2O5/c1-37-22-15-13-20(14-16-22)32(36)34-26-10-5-4-9-24(26)33-25-18-21(28-12-7-17-39-28)19-27(35)30(25)31(34)23-8-3-6-11-29(23)38-2/h3-17,21,31,33H,18-19H2,1-2H3/t21-,31+/m1/s1. The van der Waals surface area contributed by atoms with Gasteiger partial charge in [-0.05, 0) is 61.0 Å². The average Bonchev–Trinajstić information content (AvgIpc) is 3.47. The normalized spacial score (nSPS) is 18.5. The van der Waals surface area contributed by atoms with Crippen LogP contribution in [-0.2, 0) is 4.79 Å². The van der Waals surface area contributed by atoms with Gasteiger partial charge in [0.15, 0.2) is 5.78 Å². The molecule has 0 unspecified atom stereocenters. The van der Waals surface area contributed by atoms with E-state index in [2.05, 4.69) is 5.32 Å². The van der Waals surface area contributed by atoms with Gasteiger partial charge in [0.05, 0.1) is 37.9 Å². The summed E-state index contributed by atoms with van der Waals surface area (Å²) in [6, 6.07) is 25.2. The molecule has 0 saturated heterocycles. The van der Waals surface area contributed by atoms with Crippen LogP contribution < -0.4 is 19.7 Å². The Balaban J connectivity index is 1.58. The number of carbonyl (C=O) groups excluding carboxylic acids is 2. The molecule has 1 amide bonds. The molecule has 7 heteroatoms. The van der Waals surface area contributed by atoms with Crippen LogP contribution in [-0.4, -0.2) is 25.9 Å². The fraction of sp³-hybridized carbons (Fsp3) is 0.188. The summed E-state index contributed by atoms with van der Waals surface area (Å²) < 4.78 is 16.8. The molecule has 196 valence electrons. The molecule has 39 heavy (non-hydrogen) atoms. The van der Waals surface area contributed by atoms with Crippen molar-refractivity contribution in [2.75, 3.05) is 24.4 Å². The lowest BCUT2D eigenvalue weighted by Crippen LogP contribution is -2.38. The molecule has 6 rings (SSSR count). The number of anilines is 2. The van der Waals surface area contributed by atoms with Crippen LogP contribution in [0.1, 0.15) is 46.5 Å². The van der Waals surface area contributed by atoms with Gasteiger partial charge in [-0.15, -0.1) is 0 Å². The summed E-state index contributed by atoms with van der Waals surface area (Å²) in [5.74, 6) is 1.64. The monoisotopic (exact) mass is 520 g/mol. The van der Waals surface area contributed by atoms with E-state index in [1.165, 1.54) is 0 Å². The van der Waals surface area contributed by atoms with Crippen LogP contribution in [0.4, 0.5) is 11.4 Å². The Morgan fingerprint density at radius 2 is 1.67 bits per heavy atom. The quantitative estimate of drug-likeness (QED) is 0.323. The predicted molar refractivity (Wildman–Crippen MR) is 148 cm³/mol. The first kappa shape index (κ1) is 24.6. The van der Waals surface area contributed by atoms with Crippen molar-refractivity contribution in [2.45, 2.75) is 24.8 Å². The highest BCUT2D eigenvalue weighted by Gasteiger charge is 2.43. The van der Waals surface area contributed by atoms with Crippen molar-refractivity contribution < 1.29 is 23.5 Å². The van der Waals surface area contributed by atoms with Crippen LogP contribution in [0.5, 0.6) is 11.5 Å². The number of methoxy groups -OCH3 is 2. The van der Waals surface area contributed by atoms with E-state index < -0.39 is 6.04 Å². The number of amides is 1. The minimum Gasteiger partial charge on any atom is -0.497 e. The van der Waals surface area contributed by atoms with Crippen molar-refractivity contribution in [3.8, 4) is 11.5 Å². The molecule has 1 aromatic heterocycles. The SMILES string of the molecule is COc1ccc(C(=O)N2c3ccccc3NC3=C(C(=O)C[C@H](c4ccco4)C3)[C@@H]2c2ccccc2OC)cc1. The Kier molecular flexibility index (Phi) is 6.40. The molecule has 3 aromatic carbocycles. The lowest BCUT2D eigenvalue weighted by Gasteiger charge is -2.35. The minimum absolute atomic E-state index is 0.0404. The zero-order valence-corrected chi connectivity index (χ0v) is 21.7. The maximum Gasteiger partial charge on any atom is 0.259 e. The Morgan fingerprint density at radius 1 is 0.897 bits per heavy atom. The van der Waals surface area contributed by atoms with Crippen molar-refractivity contribution in [3.63, 3.8) is 0 Å². The van der Waals surface area contributed by atoms with E-state index >= 15 is 0 Å². The molecular formula is C32H28N2O5. The lowest BCUT2D eigenvalue weighted by atomic mass is 9.79. The van der Waals surface area contributed by atoms with Crippen LogP contribution >= 0.6 is 0 Å². The first-order valence-corrected chi connectivity index (χ1v) is 12.8. The second kappa shape index (κ2) is 10.2. The van der Waals surface area contributed by atoms with Crippen molar-refractivity contribution in [1.82, 2.24) is 0 Å². The molecule has 1 aliphatic carbocycles. The number of Topliss-reactive ketones (excluding diaryl/α,β-unsaturated/α-hetero) is 1. The molecule has 2 heterocycles. The Morgan fingerprint density at radius 3 is 2.41 bits per heavy atom. The fourth-order valence-electron chi connectivity index (χ4n) is 5.60. The molecule has 2 aliphatic rings. The van der Waals surface area contributed by atoms with Crippen molar-refractivity contribution in [3.05, 3.63) is 119 Å². The zero-order valence-electron chi connectivity index (χ0n) is 21.7. The van der Waals surface area contributed by atoms with Gasteiger partial charge in [-0.25, -0.2) is 0 Å². The number of carbonyl (C=O) groups is 2. The van der Waals surface area contributed by atoms with Gasteiger partial charge in [-0.2, -0.15) is 0 Å². The van der Waals surface area contributed by atoms with E-state index in [-0.39, 0.29) is 24.0 Å². The molecule has 0 bridgehead atoms. The predicted octanol–water partition coefficient (Wildman–Crippen LogP) is 6.51. The van der Waals surface area contributed by atoms with E-state index in [0.29, 0.717) is 34.7 Å². The van der Waals surface area contributed by atoms with E-state index in [1.807, 2.05) is 60.7 Å². The van der Waals surface area contributed by atoms with Gasteiger partial charge in [0.25, 0.3) is 5.91 Å². The topological polar surface area (TPSA) is 81.0 Å². The summed E-state index contributed by atoms with van der Waals surface area (Å²) in [7, 11) is 3.19. The average molecular weight is 521 g/mol. The number of hydrogen-bond donors (Lipinski definition) is 1. The first-order valence-electron chi connectivity index (χ1n) is 12.8. The van der Waals surface area contributed by atoms with Crippen LogP contribution in [0.2, 0.25) is 0 Å². The molecule has 0 spiro atoms. The number of furan rings is 1. The molecular weight excluding hydrogens is 492 g/mol. The Labute approximate surface area is 226 Å². The number of ketones is 1. The maximum absolute atomic E-state index is 14.4. The molecule has 2 atom stereocenters. The van der Waals surface area contributed by atoms with Crippen LogP contribution in [0.3, 0.4) is 0 Å². The number of hydrogen-bond acceptors (Lipinski definition) is 6. The highest BCUT2D eigenvalue weighted by molar-refractivity contribution is 6.12.